The Labute approximate surface area is 102 Å². The maximum Gasteiger partial charge on any atom is 0.197 e. The Balaban J connectivity index is 3.14. The highest BCUT2D eigenvalue weighted by molar-refractivity contribution is 6.04. The summed E-state index contributed by atoms with van der Waals surface area (Å²) in [6.45, 7) is 9.13. The third kappa shape index (κ3) is 2.57. The second-order valence-corrected chi connectivity index (χ2v) is 5.97. The lowest BCUT2D eigenvalue weighted by Gasteiger charge is -2.32. The average molecular weight is 241 g/mol. The van der Waals surface area contributed by atoms with Crippen LogP contribution in [0.5, 0.6) is 0 Å². The topological polar surface area (TPSA) is 101 Å². The molecule has 1 heterocycles. The van der Waals surface area contributed by atoms with Gasteiger partial charge in [0, 0.05) is 16.7 Å². The van der Waals surface area contributed by atoms with Crippen LogP contribution in [0.1, 0.15) is 34.6 Å². The maximum absolute atomic E-state index is 12.3. The average Bonchev–Trinajstić information content (AvgIpc) is 2.32. The van der Waals surface area contributed by atoms with Crippen molar-refractivity contribution >= 4 is 5.78 Å². The molecule has 0 aliphatic carbocycles. The van der Waals surface area contributed by atoms with E-state index in [9.17, 15) is 9.90 Å². The number of carbonyl (C=O) groups is 1. The van der Waals surface area contributed by atoms with E-state index >= 15 is 0 Å². The molecular weight excluding hydrogens is 218 g/mol. The van der Waals surface area contributed by atoms with Crippen molar-refractivity contribution in [2.45, 2.75) is 57.5 Å². The molecule has 5 heteroatoms. The molecule has 1 rings (SSSR count). The Kier molecular flexibility index (Phi) is 3.27. The van der Waals surface area contributed by atoms with Crippen molar-refractivity contribution in [3.63, 3.8) is 0 Å². The molecule has 0 spiro atoms. The fourth-order valence-corrected chi connectivity index (χ4v) is 2.22. The van der Waals surface area contributed by atoms with E-state index in [1.165, 1.54) is 6.92 Å². The molecule has 5 nitrogen and oxygen atoms in total. The van der Waals surface area contributed by atoms with Gasteiger partial charge in [0.25, 0.3) is 0 Å². The van der Waals surface area contributed by atoms with Crippen molar-refractivity contribution in [2.75, 3.05) is 0 Å². The lowest BCUT2D eigenvalue weighted by Crippen LogP contribution is -2.65. The van der Waals surface area contributed by atoms with E-state index in [0.717, 1.165) is 0 Å². The summed E-state index contributed by atoms with van der Waals surface area (Å²) in [5, 5.41) is 12.8. The second kappa shape index (κ2) is 3.88. The summed E-state index contributed by atoms with van der Waals surface area (Å²) in [5.74, 6) is -0.421. The predicted octanol–water partition coefficient (Wildman–Crippen LogP) is -0.363. The SMILES string of the molecule is CC(O)C(N)(N)C(=O)C1=CC(C)(C)NC1(C)C. The van der Waals surface area contributed by atoms with Crippen LogP contribution in [0.4, 0.5) is 0 Å². The molecule has 1 aliphatic rings. The van der Waals surface area contributed by atoms with E-state index in [-0.39, 0.29) is 5.54 Å². The summed E-state index contributed by atoms with van der Waals surface area (Å²) in [5.41, 5.74) is 9.39. The number of carbonyl (C=O) groups excluding carboxylic acids is 1. The van der Waals surface area contributed by atoms with Gasteiger partial charge >= 0.3 is 0 Å². The molecule has 0 aromatic heterocycles. The Morgan fingerprint density at radius 2 is 1.88 bits per heavy atom. The number of aliphatic hydroxyl groups is 1. The number of hydrogen-bond acceptors (Lipinski definition) is 5. The zero-order valence-corrected chi connectivity index (χ0v) is 11.2. The van der Waals surface area contributed by atoms with E-state index in [0.29, 0.717) is 5.57 Å². The van der Waals surface area contributed by atoms with Crippen LogP contribution < -0.4 is 16.8 Å². The van der Waals surface area contributed by atoms with Crippen LogP contribution in [0, 0.1) is 0 Å². The molecule has 0 bridgehead atoms. The number of nitrogens with one attached hydrogen (secondary N) is 1. The first-order valence-corrected chi connectivity index (χ1v) is 5.73. The minimum Gasteiger partial charge on any atom is -0.390 e. The molecule has 0 radical (unpaired) electrons. The Hall–Kier alpha value is -0.750. The number of nitrogens with two attached hydrogens (primary N) is 2. The third-order valence-electron chi connectivity index (χ3n) is 3.14. The third-order valence-corrected chi connectivity index (χ3v) is 3.14. The van der Waals surface area contributed by atoms with Gasteiger partial charge in [-0.25, -0.2) is 0 Å². The number of aliphatic hydroxyl groups excluding tert-OH is 1. The molecule has 0 aromatic rings. The van der Waals surface area contributed by atoms with Crippen LogP contribution in [0.25, 0.3) is 0 Å². The number of Topliss-reactive ketones (excluding diaryl/α,β-unsaturated/α-hetero) is 1. The molecule has 0 aromatic carbocycles. The highest BCUT2D eigenvalue weighted by Gasteiger charge is 2.46. The van der Waals surface area contributed by atoms with Gasteiger partial charge in [0.05, 0.1) is 6.10 Å². The van der Waals surface area contributed by atoms with Crippen LogP contribution >= 0.6 is 0 Å². The summed E-state index contributed by atoms with van der Waals surface area (Å²) >= 11 is 0. The van der Waals surface area contributed by atoms with Crippen molar-refractivity contribution in [1.29, 1.82) is 0 Å². The summed E-state index contributed by atoms with van der Waals surface area (Å²) in [6, 6.07) is 0. The predicted molar refractivity (Wildman–Crippen MR) is 67.2 cm³/mol. The molecule has 0 saturated heterocycles. The minimum atomic E-state index is -1.74. The Morgan fingerprint density at radius 3 is 2.18 bits per heavy atom. The molecule has 17 heavy (non-hydrogen) atoms. The number of ketones is 1. The summed E-state index contributed by atoms with van der Waals surface area (Å²) in [4.78, 5) is 12.3. The summed E-state index contributed by atoms with van der Waals surface area (Å²) < 4.78 is 0. The molecule has 0 amide bonds. The first kappa shape index (κ1) is 14.3. The monoisotopic (exact) mass is 241 g/mol. The van der Waals surface area contributed by atoms with Gasteiger partial charge in [-0.1, -0.05) is 6.08 Å². The molecule has 6 N–H and O–H groups in total. The fraction of sp³-hybridized carbons (Fsp3) is 0.750. The van der Waals surface area contributed by atoms with Crippen molar-refractivity contribution in [3.05, 3.63) is 11.6 Å². The van der Waals surface area contributed by atoms with Crippen LogP contribution in [-0.4, -0.2) is 33.7 Å². The normalized spacial score (nSPS) is 24.4. The van der Waals surface area contributed by atoms with Crippen molar-refractivity contribution < 1.29 is 9.90 Å². The lowest BCUT2D eigenvalue weighted by molar-refractivity contribution is -0.124. The lowest BCUT2D eigenvalue weighted by atomic mass is 9.85. The van der Waals surface area contributed by atoms with Gasteiger partial charge in [-0.3, -0.25) is 10.1 Å². The van der Waals surface area contributed by atoms with Gasteiger partial charge in [-0.2, -0.15) is 0 Å². The highest BCUT2D eigenvalue weighted by Crippen LogP contribution is 2.31. The zero-order chi connectivity index (χ0) is 13.6. The molecule has 0 saturated carbocycles. The van der Waals surface area contributed by atoms with Gasteiger partial charge in [-0.05, 0) is 34.6 Å². The standard InChI is InChI=1S/C12H23N3O2/c1-7(16)12(13,14)9(17)8-6-10(2,3)15-11(8,4)5/h6-7,15-16H,13-14H2,1-5H3. The maximum atomic E-state index is 12.3. The summed E-state index contributed by atoms with van der Waals surface area (Å²) in [6.07, 6.45) is 0.724. The molecule has 98 valence electrons. The quantitative estimate of drug-likeness (QED) is 0.505. The smallest absolute Gasteiger partial charge is 0.197 e. The molecular formula is C12H23N3O2. The van der Waals surface area contributed by atoms with Gasteiger partial charge in [0.2, 0.25) is 0 Å². The van der Waals surface area contributed by atoms with E-state index in [4.69, 9.17) is 11.5 Å². The first-order valence-electron chi connectivity index (χ1n) is 5.73. The Bertz CT molecular complexity index is 368. The van der Waals surface area contributed by atoms with Crippen molar-refractivity contribution in [2.24, 2.45) is 11.5 Å². The number of hydrogen-bond donors (Lipinski definition) is 4. The molecule has 0 fully saturated rings. The van der Waals surface area contributed by atoms with E-state index in [1.54, 1.807) is 0 Å². The van der Waals surface area contributed by atoms with Crippen molar-refractivity contribution in [1.82, 2.24) is 5.32 Å². The van der Waals surface area contributed by atoms with Gasteiger partial charge in [0.1, 0.15) is 0 Å². The second-order valence-electron chi connectivity index (χ2n) is 5.97. The number of rotatable bonds is 3. The van der Waals surface area contributed by atoms with E-state index in [1.807, 2.05) is 33.8 Å². The minimum absolute atomic E-state index is 0.288. The van der Waals surface area contributed by atoms with E-state index < -0.39 is 23.1 Å². The van der Waals surface area contributed by atoms with Crippen molar-refractivity contribution in [3.8, 4) is 0 Å². The molecule has 1 aliphatic heterocycles. The first-order chi connectivity index (χ1) is 7.40. The highest BCUT2D eigenvalue weighted by atomic mass is 16.3. The van der Waals surface area contributed by atoms with Crippen LogP contribution in [0.15, 0.2) is 11.6 Å². The van der Waals surface area contributed by atoms with E-state index in [2.05, 4.69) is 5.32 Å². The van der Waals surface area contributed by atoms with Crippen LogP contribution in [-0.2, 0) is 4.79 Å². The molecule has 1 atom stereocenters. The zero-order valence-electron chi connectivity index (χ0n) is 11.2. The summed E-state index contributed by atoms with van der Waals surface area (Å²) in [7, 11) is 0. The van der Waals surface area contributed by atoms with Gasteiger partial charge in [-0.15, -0.1) is 0 Å². The fourth-order valence-electron chi connectivity index (χ4n) is 2.22. The van der Waals surface area contributed by atoms with Crippen LogP contribution in [0.2, 0.25) is 0 Å². The van der Waals surface area contributed by atoms with Crippen LogP contribution in [0.3, 0.4) is 0 Å². The molecule has 1 unspecified atom stereocenters. The largest absolute Gasteiger partial charge is 0.390 e. The van der Waals surface area contributed by atoms with Gasteiger partial charge < -0.3 is 16.6 Å². The Morgan fingerprint density at radius 1 is 1.41 bits per heavy atom. The van der Waals surface area contributed by atoms with Gasteiger partial charge in [0.15, 0.2) is 11.4 Å².